The van der Waals surface area contributed by atoms with Crippen LogP contribution in [0.3, 0.4) is 0 Å². The fraction of sp³-hybridized carbons (Fsp3) is 0.407. The monoisotopic (exact) mass is 543 g/mol. The fourth-order valence-corrected chi connectivity index (χ4v) is 5.25. The van der Waals surface area contributed by atoms with Gasteiger partial charge in [-0.25, -0.2) is 0 Å². The lowest BCUT2D eigenvalue weighted by Crippen LogP contribution is -2.52. The number of rotatable bonds is 5. The molecule has 2 saturated heterocycles. The second-order valence-corrected chi connectivity index (χ2v) is 10.1. The van der Waals surface area contributed by atoms with Crippen molar-refractivity contribution in [3.05, 3.63) is 64.7 Å². The maximum atomic E-state index is 14.2. The molecule has 0 radical (unpaired) electrons. The molecule has 3 aliphatic rings. The van der Waals surface area contributed by atoms with Crippen LogP contribution in [0.15, 0.2) is 42.5 Å². The van der Waals surface area contributed by atoms with Crippen LogP contribution in [0.5, 0.6) is 0 Å². The highest BCUT2D eigenvalue weighted by Gasteiger charge is 2.43. The highest BCUT2D eigenvalue weighted by atomic mass is 19.4. The predicted octanol–water partition coefficient (Wildman–Crippen LogP) is 2.23. The third-order valence-electron chi connectivity index (χ3n) is 7.46. The van der Waals surface area contributed by atoms with Crippen LogP contribution in [0, 0.1) is 0 Å². The van der Waals surface area contributed by atoms with Gasteiger partial charge in [0.1, 0.15) is 6.04 Å². The van der Waals surface area contributed by atoms with Crippen molar-refractivity contribution in [3.63, 3.8) is 0 Å². The molecular formula is C27H28F3N5O4. The Morgan fingerprint density at radius 2 is 1.79 bits per heavy atom. The number of nitrogens with one attached hydrogen (secondary N) is 2. The Labute approximate surface area is 222 Å². The maximum absolute atomic E-state index is 14.2. The normalized spacial score (nSPS) is 21.0. The van der Waals surface area contributed by atoms with E-state index < -0.39 is 41.9 Å². The average Bonchev–Trinajstić information content (AvgIpc) is 3.22. The lowest BCUT2D eigenvalue weighted by molar-refractivity contribution is -0.155. The third kappa shape index (κ3) is 5.47. The first-order valence-electron chi connectivity index (χ1n) is 12.7. The third-order valence-corrected chi connectivity index (χ3v) is 7.46. The Bertz CT molecular complexity index is 1320. The number of piperazine rings is 1. The zero-order valence-electron chi connectivity index (χ0n) is 21.3. The van der Waals surface area contributed by atoms with Crippen LogP contribution in [-0.4, -0.2) is 78.9 Å². The second kappa shape index (κ2) is 10.3. The number of alkyl halides is 3. The van der Waals surface area contributed by atoms with E-state index in [9.17, 15) is 32.3 Å². The van der Waals surface area contributed by atoms with Gasteiger partial charge in [0.25, 0.3) is 11.8 Å². The number of imide groups is 1. The van der Waals surface area contributed by atoms with Gasteiger partial charge in [-0.3, -0.25) is 24.5 Å². The number of carbonyl (C=O) groups excluding carboxylic acids is 4. The molecule has 2 unspecified atom stereocenters. The lowest BCUT2D eigenvalue weighted by atomic mass is 10.0. The first kappa shape index (κ1) is 26.7. The van der Waals surface area contributed by atoms with E-state index in [1.807, 2.05) is 11.9 Å². The van der Waals surface area contributed by atoms with E-state index in [1.54, 1.807) is 12.1 Å². The Kier molecular flexibility index (Phi) is 7.06. The van der Waals surface area contributed by atoms with Crippen molar-refractivity contribution >= 4 is 29.3 Å². The van der Waals surface area contributed by atoms with Gasteiger partial charge in [-0.15, -0.1) is 0 Å². The maximum Gasteiger partial charge on any atom is 0.412 e. The number of hydrogen-bond donors (Lipinski definition) is 2. The summed E-state index contributed by atoms with van der Waals surface area (Å²) in [6, 6.07) is 7.12. The Morgan fingerprint density at radius 3 is 2.49 bits per heavy atom. The Balaban J connectivity index is 1.34. The number of amides is 4. The van der Waals surface area contributed by atoms with E-state index in [-0.39, 0.29) is 36.1 Å². The van der Waals surface area contributed by atoms with Crippen LogP contribution in [0.25, 0.3) is 0 Å². The van der Waals surface area contributed by atoms with Crippen LogP contribution in [-0.2, 0) is 16.1 Å². The molecule has 2 atom stereocenters. The number of piperidine rings is 1. The van der Waals surface area contributed by atoms with E-state index in [4.69, 9.17) is 0 Å². The molecule has 3 aliphatic heterocycles. The molecule has 2 aromatic rings. The molecule has 3 heterocycles. The molecule has 0 saturated carbocycles. The zero-order chi connectivity index (χ0) is 27.9. The molecule has 5 rings (SSSR count). The van der Waals surface area contributed by atoms with Crippen LogP contribution >= 0.6 is 0 Å². The molecule has 2 N–H and O–H groups in total. The van der Waals surface area contributed by atoms with Gasteiger partial charge >= 0.3 is 6.18 Å². The largest absolute Gasteiger partial charge is 0.412 e. The highest BCUT2D eigenvalue weighted by Crippen LogP contribution is 2.35. The molecule has 0 aliphatic carbocycles. The number of likely N-dealkylation sites (N-methyl/N-ethyl adjacent to an activating group) is 1. The highest BCUT2D eigenvalue weighted by molar-refractivity contribution is 6.06. The molecule has 9 nitrogen and oxygen atoms in total. The summed E-state index contributed by atoms with van der Waals surface area (Å²) in [6.45, 7) is 2.98. The van der Waals surface area contributed by atoms with Gasteiger partial charge in [0.15, 0.2) is 6.04 Å². The molecule has 0 aromatic heterocycles. The van der Waals surface area contributed by atoms with Gasteiger partial charge in [-0.2, -0.15) is 13.2 Å². The summed E-state index contributed by atoms with van der Waals surface area (Å²) in [5, 5.41) is 4.34. The van der Waals surface area contributed by atoms with Gasteiger partial charge in [-0.05, 0) is 54.9 Å². The topological polar surface area (TPSA) is 102 Å². The lowest BCUT2D eigenvalue weighted by Gasteiger charge is -2.34. The van der Waals surface area contributed by atoms with Gasteiger partial charge in [0.05, 0.1) is 0 Å². The molecule has 0 bridgehead atoms. The Morgan fingerprint density at radius 1 is 1.05 bits per heavy atom. The molecule has 2 aromatic carbocycles. The molecule has 12 heteroatoms. The summed E-state index contributed by atoms with van der Waals surface area (Å²) in [5.41, 5.74) is 1.25. The number of anilines is 1. The van der Waals surface area contributed by atoms with Crippen molar-refractivity contribution in [3.8, 4) is 0 Å². The summed E-state index contributed by atoms with van der Waals surface area (Å²) in [4.78, 5) is 55.1. The van der Waals surface area contributed by atoms with Crippen molar-refractivity contribution in [2.45, 2.75) is 37.6 Å². The van der Waals surface area contributed by atoms with E-state index in [0.717, 1.165) is 13.1 Å². The fourth-order valence-electron chi connectivity index (χ4n) is 5.25. The Hall–Kier alpha value is -3.93. The summed E-state index contributed by atoms with van der Waals surface area (Å²) in [7, 11) is 1.99. The average molecular weight is 544 g/mol. The smallest absolute Gasteiger partial charge is 0.369 e. The van der Waals surface area contributed by atoms with Crippen molar-refractivity contribution in [1.82, 2.24) is 20.4 Å². The zero-order valence-corrected chi connectivity index (χ0v) is 21.3. The number of fused-ring (bicyclic) bond motifs is 1. The minimum atomic E-state index is -4.74. The molecule has 4 amide bonds. The molecule has 2 fully saturated rings. The first-order chi connectivity index (χ1) is 18.5. The quantitative estimate of drug-likeness (QED) is 0.561. The standard InChI is InChI=1S/C27H28F3N5O4/c1-33-9-11-34(12-10-33)19-4-2-3-16(14-19)23(27(28,29)30)32-24(37)17-5-6-20-18(13-17)15-35(26(20)39)21-7-8-22(36)31-25(21)38/h2-6,13-14,21,23H,7-12,15H2,1H3,(H,32,37)(H,31,36,38). The molecule has 39 heavy (non-hydrogen) atoms. The van der Waals surface area contributed by atoms with E-state index in [0.29, 0.717) is 24.3 Å². The summed E-state index contributed by atoms with van der Waals surface area (Å²) >= 11 is 0. The number of hydrogen-bond acceptors (Lipinski definition) is 6. The summed E-state index contributed by atoms with van der Waals surface area (Å²) in [6.07, 6.45) is -4.47. The molecule has 0 spiro atoms. The van der Waals surface area contributed by atoms with E-state index in [2.05, 4.69) is 15.5 Å². The minimum absolute atomic E-state index is 0.0112. The van der Waals surface area contributed by atoms with Crippen LogP contribution < -0.4 is 15.5 Å². The van der Waals surface area contributed by atoms with Gasteiger partial charge in [0.2, 0.25) is 11.8 Å². The van der Waals surface area contributed by atoms with Crippen LogP contribution in [0.4, 0.5) is 18.9 Å². The van der Waals surface area contributed by atoms with Gasteiger partial charge < -0.3 is 20.0 Å². The van der Waals surface area contributed by atoms with Crippen molar-refractivity contribution in [2.24, 2.45) is 0 Å². The van der Waals surface area contributed by atoms with Gasteiger partial charge in [-0.1, -0.05) is 12.1 Å². The van der Waals surface area contributed by atoms with Crippen LogP contribution in [0.1, 0.15) is 50.7 Å². The van der Waals surface area contributed by atoms with Crippen molar-refractivity contribution in [1.29, 1.82) is 0 Å². The predicted molar refractivity (Wildman–Crippen MR) is 135 cm³/mol. The second-order valence-electron chi connectivity index (χ2n) is 10.1. The first-order valence-corrected chi connectivity index (χ1v) is 12.7. The summed E-state index contributed by atoms with van der Waals surface area (Å²) < 4.78 is 42.5. The minimum Gasteiger partial charge on any atom is -0.369 e. The molecule has 206 valence electrons. The van der Waals surface area contributed by atoms with E-state index in [1.165, 1.54) is 35.2 Å². The van der Waals surface area contributed by atoms with Gasteiger partial charge in [0, 0.05) is 56.0 Å². The van der Waals surface area contributed by atoms with Crippen molar-refractivity contribution in [2.75, 3.05) is 38.1 Å². The number of halogens is 3. The number of benzene rings is 2. The molecular weight excluding hydrogens is 515 g/mol. The summed E-state index contributed by atoms with van der Waals surface area (Å²) in [5.74, 6) is -2.35. The number of carbonyl (C=O) groups is 4. The number of nitrogens with zero attached hydrogens (tertiary/aromatic N) is 3. The van der Waals surface area contributed by atoms with E-state index >= 15 is 0 Å². The van der Waals surface area contributed by atoms with Crippen LogP contribution in [0.2, 0.25) is 0 Å². The SMILES string of the molecule is CN1CCN(c2cccc(C(NC(=O)c3ccc4c(c3)CN(C3CCC(=O)NC3=O)C4=O)C(F)(F)F)c2)CC1. The van der Waals surface area contributed by atoms with Crippen molar-refractivity contribution < 1.29 is 32.3 Å².